The van der Waals surface area contributed by atoms with Crippen molar-refractivity contribution < 1.29 is 5.11 Å². The molecule has 1 N–H and O–H groups in total. The van der Waals surface area contributed by atoms with Gasteiger partial charge in [0.05, 0.1) is 0 Å². The average molecular weight is 306 g/mol. The molecule has 0 bridgehead atoms. The van der Waals surface area contributed by atoms with Crippen LogP contribution in [0, 0.1) is 3.70 Å². The van der Waals surface area contributed by atoms with Crippen molar-refractivity contribution in [2.24, 2.45) is 0 Å². The summed E-state index contributed by atoms with van der Waals surface area (Å²) in [5, 5.41) is 11.5. The second-order valence-corrected chi connectivity index (χ2v) is 4.10. The molecule has 0 spiro atoms. The molecule has 0 atom stereocenters. The van der Waals surface area contributed by atoms with Gasteiger partial charge in [-0.2, -0.15) is 0 Å². The molecule has 13 heavy (non-hydrogen) atoms. The summed E-state index contributed by atoms with van der Waals surface area (Å²) < 4.78 is 0.820. The fourth-order valence-corrected chi connectivity index (χ4v) is 2.15. The molecule has 66 valence electrons. The van der Waals surface area contributed by atoms with Gasteiger partial charge in [0.15, 0.2) is 0 Å². The highest BCUT2D eigenvalue weighted by molar-refractivity contribution is 14.1. The van der Waals surface area contributed by atoms with Crippen LogP contribution in [0.1, 0.15) is 0 Å². The third kappa shape index (κ3) is 1.71. The Hall–Kier alpha value is -0.550. The molecule has 1 heterocycles. The highest BCUT2D eigenvalue weighted by Gasteiger charge is 2.02. The van der Waals surface area contributed by atoms with Crippen molar-refractivity contribution in [3.05, 3.63) is 33.1 Å². The maximum atomic E-state index is 9.25. The molecule has 1 aromatic carbocycles. The van der Waals surface area contributed by atoms with Crippen molar-refractivity contribution >= 4 is 45.0 Å². The first kappa shape index (κ1) is 9.02. The quantitative estimate of drug-likeness (QED) is 0.599. The van der Waals surface area contributed by atoms with Crippen molar-refractivity contribution in [3.8, 4) is 5.75 Å². The lowest BCUT2D eigenvalue weighted by Gasteiger charge is -2.01. The Bertz CT molecular complexity index is 467. The van der Waals surface area contributed by atoms with Crippen LogP contribution in [-0.4, -0.2) is 10.1 Å². The molecule has 1 aromatic heterocycles. The molecule has 0 saturated carbocycles. The highest BCUT2D eigenvalue weighted by atomic mass is 127. The molecule has 2 rings (SSSR count). The van der Waals surface area contributed by atoms with Crippen molar-refractivity contribution in [1.82, 2.24) is 4.98 Å². The second kappa shape index (κ2) is 3.31. The van der Waals surface area contributed by atoms with Gasteiger partial charge in [-0.05, 0) is 52.2 Å². The number of nitrogens with zero attached hydrogens (tertiary/aromatic N) is 1. The molecule has 0 aliphatic carbocycles. The van der Waals surface area contributed by atoms with Gasteiger partial charge >= 0.3 is 0 Å². The van der Waals surface area contributed by atoms with Crippen molar-refractivity contribution in [1.29, 1.82) is 0 Å². The Morgan fingerprint density at radius 3 is 2.85 bits per heavy atom. The van der Waals surface area contributed by atoms with E-state index in [4.69, 9.17) is 11.6 Å². The zero-order valence-corrected chi connectivity index (χ0v) is 9.37. The minimum Gasteiger partial charge on any atom is -0.508 e. The van der Waals surface area contributed by atoms with Gasteiger partial charge in [0.2, 0.25) is 0 Å². The van der Waals surface area contributed by atoms with Gasteiger partial charge in [0.25, 0.3) is 0 Å². The standard InChI is InChI=1S/C9H5ClINO/c10-9-7-2-1-6(13)3-5(7)4-8(11)12-9/h1-4,13H. The number of hydrogen-bond donors (Lipinski definition) is 1. The molecule has 2 aromatic rings. The van der Waals surface area contributed by atoms with Crippen LogP contribution in [0.5, 0.6) is 5.75 Å². The summed E-state index contributed by atoms with van der Waals surface area (Å²) in [5.74, 6) is 0.241. The number of rotatable bonds is 0. The maximum Gasteiger partial charge on any atom is 0.138 e. The molecule has 0 radical (unpaired) electrons. The minimum atomic E-state index is 0.241. The van der Waals surface area contributed by atoms with E-state index in [0.29, 0.717) is 5.15 Å². The molecule has 0 aliphatic rings. The van der Waals surface area contributed by atoms with E-state index in [-0.39, 0.29) is 5.75 Å². The van der Waals surface area contributed by atoms with E-state index in [1.165, 1.54) is 0 Å². The molecule has 0 unspecified atom stereocenters. The molecule has 0 aliphatic heterocycles. The summed E-state index contributed by atoms with van der Waals surface area (Å²) in [7, 11) is 0. The van der Waals surface area contributed by atoms with Gasteiger partial charge in [0.1, 0.15) is 14.6 Å². The number of aromatic nitrogens is 1. The molecule has 4 heteroatoms. The minimum absolute atomic E-state index is 0.241. The topological polar surface area (TPSA) is 33.1 Å². The number of fused-ring (bicyclic) bond motifs is 1. The smallest absolute Gasteiger partial charge is 0.138 e. The van der Waals surface area contributed by atoms with Crippen LogP contribution in [0.2, 0.25) is 5.15 Å². The third-order valence-electron chi connectivity index (χ3n) is 1.74. The van der Waals surface area contributed by atoms with Gasteiger partial charge in [0, 0.05) is 5.39 Å². The predicted octanol–water partition coefficient (Wildman–Crippen LogP) is 3.20. The average Bonchev–Trinajstić information content (AvgIpc) is 2.02. The molecule has 2 nitrogen and oxygen atoms in total. The summed E-state index contributed by atoms with van der Waals surface area (Å²) in [6.07, 6.45) is 0. The number of pyridine rings is 1. The summed E-state index contributed by atoms with van der Waals surface area (Å²) in [5.41, 5.74) is 0. The Kier molecular flexibility index (Phi) is 2.29. The van der Waals surface area contributed by atoms with Crippen LogP contribution in [0.25, 0.3) is 10.8 Å². The van der Waals surface area contributed by atoms with Crippen LogP contribution in [0.4, 0.5) is 0 Å². The van der Waals surface area contributed by atoms with Gasteiger partial charge in [-0.25, -0.2) is 4.98 Å². The number of halogens is 2. The zero-order chi connectivity index (χ0) is 9.42. The van der Waals surface area contributed by atoms with E-state index in [1.54, 1.807) is 18.2 Å². The van der Waals surface area contributed by atoms with E-state index in [1.807, 2.05) is 6.07 Å². The lowest BCUT2D eigenvalue weighted by molar-refractivity contribution is 0.476. The van der Waals surface area contributed by atoms with E-state index >= 15 is 0 Å². The van der Waals surface area contributed by atoms with Crippen molar-refractivity contribution in [2.45, 2.75) is 0 Å². The fraction of sp³-hybridized carbons (Fsp3) is 0. The van der Waals surface area contributed by atoms with Gasteiger partial charge in [-0.1, -0.05) is 11.6 Å². The molecular weight excluding hydrogens is 300 g/mol. The molecule has 0 saturated heterocycles. The molecular formula is C9H5ClINO. The van der Waals surface area contributed by atoms with Crippen molar-refractivity contribution in [2.75, 3.05) is 0 Å². The van der Waals surface area contributed by atoms with Crippen LogP contribution < -0.4 is 0 Å². The Morgan fingerprint density at radius 2 is 2.08 bits per heavy atom. The summed E-state index contributed by atoms with van der Waals surface area (Å²) in [6, 6.07) is 6.91. The fourth-order valence-electron chi connectivity index (χ4n) is 1.17. The molecule has 0 amide bonds. The lowest BCUT2D eigenvalue weighted by atomic mass is 10.2. The van der Waals surface area contributed by atoms with E-state index in [0.717, 1.165) is 14.5 Å². The summed E-state index contributed by atoms with van der Waals surface area (Å²) in [4.78, 5) is 4.10. The number of benzene rings is 1. The zero-order valence-electron chi connectivity index (χ0n) is 6.46. The molecule has 0 fully saturated rings. The first-order chi connectivity index (χ1) is 6.16. The third-order valence-corrected chi connectivity index (χ3v) is 2.58. The summed E-state index contributed by atoms with van der Waals surface area (Å²) >= 11 is 8.01. The van der Waals surface area contributed by atoms with E-state index in [9.17, 15) is 5.11 Å². The number of aromatic hydroxyl groups is 1. The van der Waals surface area contributed by atoms with Gasteiger partial charge in [-0.3, -0.25) is 0 Å². The lowest BCUT2D eigenvalue weighted by Crippen LogP contribution is -1.83. The predicted molar refractivity (Wildman–Crippen MR) is 61.1 cm³/mol. The van der Waals surface area contributed by atoms with Crippen LogP contribution >= 0.6 is 34.2 Å². The Balaban J connectivity index is 2.86. The first-order valence-electron chi connectivity index (χ1n) is 3.61. The van der Waals surface area contributed by atoms with E-state index in [2.05, 4.69) is 27.6 Å². The van der Waals surface area contributed by atoms with Crippen LogP contribution in [0.15, 0.2) is 24.3 Å². The number of phenols is 1. The highest BCUT2D eigenvalue weighted by Crippen LogP contribution is 2.26. The first-order valence-corrected chi connectivity index (χ1v) is 5.07. The van der Waals surface area contributed by atoms with Gasteiger partial charge < -0.3 is 5.11 Å². The van der Waals surface area contributed by atoms with Crippen LogP contribution in [0.3, 0.4) is 0 Å². The summed E-state index contributed by atoms with van der Waals surface area (Å²) in [6.45, 7) is 0. The van der Waals surface area contributed by atoms with E-state index < -0.39 is 0 Å². The SMILES string of the molecule is Oc1ccc2c(Cl)nc(I)cc2c1. The largest absolute Gasteiger partial charge is 0.508 e. The Labute approximate surface area is 93.7 Å². The maximum absolute atomic E-state index is 9.25. The second-order valence-electron chi connectivity index (χ2n) is 2.64. The van der Waals surface area contributed by atoms with Gasteiger partial charge in [-0.15, -0.1) is 0 Å². The van der Waals surface area contributed by atoms with Crippen molar-refractivity contribution in [3.63, 3.8) is 0 Å². The Morgan fingerprint density at radius 1 is 1.31 bits per heavy atom. The number of hydrogen-bond acceptors (Lipinski definition) is 2. The van der Waals surface area contributed by atoms with Crippen LogP contribution in [-0.2, 0) is 0 Å². The monoisotopic (exact) mass is 305 g/mol. The normalized spacial score (nSPS) is 10.6. The number of phenolic OH excluding ortho intramolecular Hbond substituents is 1.